The number of alkyl halides is 1. The van der Waals surface area contributed by atoms with Crippen molar-refractivity contribution in [3.63, 3.8) is 0 Å². The van der Waals surface area contributed by atoms with Gasteiger partial charge in [-0.05, 0) is 24.3 Å². The predicted molar refractivity (Wildman–Crippen MR) is 111 cm³/mol. The molecule has 0 aliphatic carbocycles. The zero-order valence-electron chi connectivity index (χ0n) is 15.0. The Kier molecular flexibility index (Phi) is 4.97. The van der Waals surface area contributed by atoms with Crippen molar-refractivity contribution in [3.8, 4) is 6.07 Å². The van der Waals surface area contributed by atoms with Gasteiger partial charge in [-0.25, -0.2) is 14.5 Å². The SMILES string of the molecule is N#Cc1cnn(C2(Cl)CN(C(=O)Nc3ccccc3)N=C2c2ccc(Cl)cc2)c1. The second kappa shape index (κ2) is 7.59. The minimum absolute atomic E-state index is 0.0255. The monoisotopic (exact) mass is 424 g/mol. The largest absolute Gasteiger partial charge is 0.342 e. The lowest BCUT2D eigenvalue weighted by atomic mass is 10.0. The number of hydrogen-bond acceptors (Lipinski definition) is 4. The average molecular weight is 425 g/mol. The van der Waals surface area contributed by atoms with Crippen molar-refractivity contribution in [2.45, 2.75) is 5.00 Å². The normalized spacial score (nSPS) is 18.2. The molecule has 29 heavy (non-hydrogen) atoms. The molecule has 0 saturated heterocycles. The number of carbonyl (C=O) groups is 1. The third-order valence-corrected chi connectivity index (χ3v) is 5.12. The van der Waals surface area contributed by atoms with Gasteiger partial charge >= 0.3 is 6.03 Å². The molecule has 2 amide bonds. The van der Waals surface area contributed by atoms with Gasteiger partial charge in [0.25, 0.3) is 0 Å². The minimum Gasteiger partial charge on any atom is -0.306 e. The van der Waals surface area contributed by atoms with Crippen molar-refractivity contribution in [1.82, 2.24) is 14.8 Å². The van der Waals surface area contributed by atoms with E-state index in [9.17, 15) is 4.79 Å². The maximum atomic E-state index is 12.8. The van der Waals surface area contributed by atoms with Gasteiger partial charge in [0.05, 0.1) is 18.3 Å². The number of amides is 2. The second-order valence-electron chi connectivity index (χ2n) is 6.35. The second-order valence-corrected chi connectivity index (χ2v) is 7.42. The highest BCUT2D eigenvalue weighted by Crippen LogP contribution is 2.35. The van der Waals surface area contributed by atoms with Gasteiger partial charge in [0.1, 0.15) is 11.8 Å². The van der Waals surface area contributed by atoms with Gasteiger partial charge in [-0.1, -0.05) is 53.5 Å². The Labute approximate surface area is 176 Å². The van der Waals surface area contributed by atoms with Crippen LogP contribution in [-0.2, 0) is 5.00 Å². The first-order valence-electron chi connectivity index (χ1n) is 8.62. The lowest BCUT2D eigenvalue weighted by molar-refractivity contribution is 0.213. The van der Waals surface area contributed by atoms with E-state index in [0.29, 0.717) is 27.5 Å². The Balaban J connectivity index is 1.71. The molecule has 0 radical (unpaired) electrons. The fourth-order valence-electron chi connectivity index (χ4n) is 2.97. The Hall–Kier alpha value is -3.34. The van der Waals surface area contributed by atoms with Gasteiger partial charge in [0.2, 0.25) is 0 Å². The van der Waals surface area contributed by atoms with E-state index in [4.69, 9.17) is 28.5 Å². The van der Waals surface area contributed by atoms with Crippen molar-refractivity contribution in [2.75, 3.05) is 11.9 Å². The number of benzene rings is 2. The van der Waals surface area contributed by atoms with E-state index in [1.54, 1.807) is 36.4 Å². The predicted octanol–water partition coefficient (Wildman–Crippen LogP) is 4.25. The van der Waals surface area contributed by atoms with Gasteiger partial charge in [0, 0.05) is 22.5 Å². The van der Waals surface area contributed by atoms with Crippen LogP contribution in [0.1, 0.15) is 11.1 Å². The fraction of sp³-hybridized carbons (Fsp3) is 0.100. The lowest BCUT2D eigenvalue weighted by Crippen LogP contribution is -2.41. The molecular weight excluding hydrogens is 411 g/mol. The summed E-state index contributed by atoms with van der Waals surface area (Å²) in [5, 5.41) is 22.4. The molecule has 0 fully saturated rings. The molecule has 1 N–H and O–H groups in total. The molecule has 1 aliphatic heterocycles. The van der Waals surface area contributed by atoms with Gasteiger partial charge in [-0.2, -0.15) is 15.5 Å². The molecule has 9 heteroatoms. The molecule has 0 spiro atoms. The molecule has 0 saturated carbocycles. The molecule has 1 aliphatic rings. The highest BCUT2D eigenvalue weighted by molar-refractivity contribution is 6.38. The summed E-state index contributed by atoms with van der Waals surface area (Å²) in [6.45, 7) is 0.0255. The molecule has 1 aromatic heterocycles. The number of halogens is 2. The molecule has 0 bridgehead atoms. The number of anilines is 1. The van der Waals surface area contributed by atoms with Crippen LogP contribution in [0.4, 0.5) is 10.5 Å². The summed E-state index contributed by atoms with van der Waals surface area (Å²) in [7, 11) is 0. The third-order valence-electron chi connectivity index (χ3n) is 4.39. The summed E-state index contributed by atoms with van der Waals surface area (Å²) < 4.78 is 1.44. The maximum absolute atomic E-state index is 12.8. The number of urea groups is 1. The Morgan fingerprint density at radius 3 is 2.55 bits per heavy atom. The van der Waals surface area contributed by atoms with Gasteiger partial charge < -0.3 is 5.32 Å². The fourth-order valence-corrected chi connectivity index (χ4v) is 3.45. The van der Waals surface area contributed by atoms with E-state index < -0.39 is 11.0 Å². The number of nitrogens with zero attached hydrogens (tertiary/aromatic N) is 5. The van der Waals surface area contributed by atoms with Gasteiger partial charge in [-0.3, -0.25) is 0 Å². The maximum Gasteiger partial charge on any atom is 0.342 e. The van der Waals surface area contributed by atoms with Crippen LogP contribution in [0.25, 0.3) is 0 Å². The average Bonchev–Trinajstić information content (AvgIpc) is 3.35. The summed E-state index contributed by atoms with van der Waals surface area (Å²) in [6, 6.07) is 17.6. The summed E-state index contributed by atoms with van der Waals surface area (Å²) in [5.41, 5.74) is 2.10. The molecule has 144 valence electrons. The van der Waals surface area contributed by atoms with Crippen LogP contribution >= 0.6 is 23.2 Å². The van der Waals surface area contributed by atoms with E-state index in [2.05, 4.69) is 15.5 Å². The number of hydrazone groups is 1. The third kappa shape index (κ3) is 3.68. The van der Waals surface area contributed by atoms with Crippen LogP contribution in [0.5, 0.6) is 0 Å². The number of carbonyl (C=O) groups excluding carboxylic acids is 1. The number of rotatable bonds is 3. The Bertz CT molecular complexity index is 1120. The molecule has 2 heterocycles. The van der Waals surface area contributed by atoms with Crippen molar-refractivity contribution >= 4 is 40.6 Å². The topological polar surface area (TPSA) is 86.3 Å². The number of nitrogens with one attached hydrogen (secondary N) is 1. The number of aromatic nitrogens is 2. The van der Waals surface area contributed by atoms with Crippen molar-refractivity contribution in [2.24, 2.45) is 5.10 Å². The van der Waals surface area contributed by atoms with Gasteiger partial charge in [-0.15, -0.1) is 0 Å². The number of nitriles is 1. The molecule has 2 aromatic carbocycles. The van der Waals surface area contributed by atoms with Crippen LogP contribution in [-0.4, -0.2) is 33.1 Å². The summed E-state index contributed by atoms with van der Waals surface area (Å²) in [6.07, 6.45) is 2.94. The summed E-state index contributed by atoms with van der Waals surface area (Å²) in [5.74, 6) is 0. The zero-order chi connectivity index (χ0) is 20.4. The number of para-hydroxylation sites is 1. The van der Waals surface area contributed by atoms with E-state index in [1.165, 1.54) is 22.1 Å². The van der Waals surface area contributed by atoms with Crippen LogP contribution in [0, 0.1) is 11.3 Å². The van der Waals surface area contributed by atoms with Crippen LogP contribution < -0.4 is 5.32 Å². The molecule has 1 unspecified atom stereocenters. The van der Waals surface area contributed by atoms with E-state index in [1.807, 2.05) is 24.3 Å². The highest BCUT2D eigenvalue weighted by Gasteiger charge is 2.46. The molecule has 3 aromatic rings. The molecular formula is C20H14Cl2N6O. The first-order valence-corrected chi connectivity index (χ1v) is 9.38. The molecule has 1 atom stereocenters. The molecule has 7 nitrogen and oxygen atoms in total. The van der Waals surface area contributed by atoms with Crippen LogP contribution in [0.2, 0.25) is 5.02 Å². The number of hydrogen-bond donors (Lipinski definition) is 1. The van der Waals surface area contributed by atoms with Crippen LogP contribution in [0.15, 0.2) is 72.1 Å². The van der Waals surface area contributed by atoms with Crippen molar-refractivity contribution < 1.29 is 4.79 Å². The first-order chi connectivity index (χ1) is 14.0. The zero-order valence-corrected chi connectivity index (χ0v) is 16.5. The lowest BCUT2D eigenvalue weighted by Gasteiger charge is -2.24. The first kappa shape index (κ1) is 19.0. The molecule has 4 rings (SSSR count). The van der Waals surface area contributed by atoms with E-state index in [0.717, 1.165) is 0 Å². The van der Waals surface area contributed by atoms with Gasteiger partial charge in [0.15, 0.2) is 5.00 Å². The van der Waals surface area contributed by atoms with Crippen molar-refractivity contribution in [3.05, 3.63) is 83.1 Å². The van der Waals surface area contributed by atoms with Crippen LogP contribution in [0.3, 0.4) is 0 Å². The Morgan fingerprint density at radius 2 is 1.90 bits per heavy atom. The Morgan fingerprint density at radius 1 is 1.17 bits per heavy atom. The van der Waals surface area contributed by atoms with E-state index in [-0.39, 0.29) is 6.54 Å². The standard InChI is InChI=1S/C20H14Cl2N6O/c21-16-8-6-15(7-9-16)18-20(22,28-12-14(10-23)11-24-28)13-27(26-18)19(29)25-17-4-2-1-3-5-17/h1-9,11-12H,13H2,(H,25,29). The highest BCUT2D eigenvalue weighted by atomic mass is 35.5. The van der Waals surface area contributed by atoms with Crippen molar-refractivity contribution in [1.29, 1.82) is 5.26 Å². The quantitative estimate of drug-likeness (QED) is 0.637. The summed E-state index contributed by atoms with van der Waals surface area (Å²) >= 11 is 13.0. The smallest absolute Gasteiger partial charge is 0.306 e. The summed E-state index contributed by atoms with van der Waals surface area (Å²) in [4.78, 5) is 11.5. The van der Waals surface area contributed by atoms with E-state index >= 15 is 0 Å². The minimum atomic E-state index is -1.28.